The second kappa shape index (κ2) is 9.36. The van der Waals surface area contributed by atoms with Crippen molar-refractivity contribution < 1.29 is 5.11 Å². The Morgan fingerprint density at radius 2 is 1.61 bits per heavy atom. The summed E-state index contributed by atoms with van der Waals surface area (Å²) in [6.07, 6.45) is 6.02. The predicted octanol–water partition coefficient (Wildman–Crippen LogP) is 2.42. The van der Waals surface area contributed by atoms with Crippen molar-refractivity contribution in [3.63, 3.8) is 0 Å². The number of piperazine rings is 1. The minimum atomic E-state index is 0.322. The number of aliphatic hydroxyl groups excluding tert-OH is 1. The summed E-state index contributed by atoms with van der Waals surface area (Å²) in [7, 11) is 0. The van der Waals surface area contributed by atoms with Gasteiger partial charge in [-0.2, -0.15) is 0 Å². The van der Waals surface area contributed by atoms with Crippen LogP contribution in [0.15, 0.2) is 0 Å². The van der Waals surface area contributed by atoms with E-state index in [4.69, 9.17) is 0 Å². The molecule has 0 radical (unpaired) electrons. The predicted molar refractivity (Wildman–Crippen MR) is 97.9 cm³/mol. The van der Waals surface area contributed by atoms with Gasteiger partial charge in [-0.05, 0) is 59.0 Å². The highest BCUT2D eigenvalue weighted by Gasteiger charge is 2.35. The lowest BCUT2D eigenvalue weighted by Crippen LogP contribution is -2.60. The third-order valence-corrected chi connectivity index (χ3v) is 6.18. The van der Waals surface area contributed by atoms with Crippen molar-refractivity contribution in [2.45, 2.75) is 84.0 Å². The molecule has 2 aliphatic heterocycles. The number of hydrogen-bond donors (Lipinski definition) is 1. The van der Waals surface area contributed by atoms with Crippen LogP contribution in [0.5, 0.6) is 0 Å². The van der Waals surface area contributed by atoms with Gasteiger partial charge >= 0.3 is 0 Å². The highest BCUT2D eigenvalue weighted by Crippen LogP contribution is 2.25. The van der Waals surface area contributed by atoms with Gasteiger partial charge < -0.3 is 10.0 Å². The van der Waals surface area contributed by atoms with Crippen molar-refractivity contribution in [3.8, 4) is 0 Å². The first-order chi connectivity index (χ1) is 11.1. The van der Waals surface area contributed by atoms with Gasteiger partial charge in [-0.1, -0.05) is 13.8 Å². The summed E-state index contributed by atoms with van der Waals surface area (Å²) in [6.45, 7) is 15.6. The lowest BCUT2D eigenvalue weighted by Gasteiger charge is -2.49. The summed E-state index contributed by atoms with van der Waals surface area (Å²) in [5, 5.41) is 9.54. The fraction of sp³-hybridized carbons (Fsp3) is 1.00. The van der Waals surface area contributed by atoms with Gasteiger partial charge in [0.2, 0.25) is 0 Å². The minimum Gasteiger partial charge on any atom is -0.396 e. The molecule has 0 amide bonds. The van der Waals surface area contributed by atoms with Crippen LogP contribution in [0.4, 0.5) is 0 Å². The van der Waals surface area contributed by atoms with Crippen molar-refractivity contribution in [3.05, 3.63) is 0 Å². The van der Waals surface area contributed by atoms with Gasteiger partial charge in [0.25, 0.3) is 0 Å². The molecule has 2 fully saturated rings. The third-order valence-electron chi connectivity index (χ3n) is 6.18. The van der Waals surface area contributed by atoms with E-state index in [0.29, 0.717) is 18.7 Å². The molecule has 1 atom stereocenters. The topological polar surface area (TPSA) is 30.0 Å². The number of hydrogen-bond acceptors (Lipinski definition) is 4. The van der Waals surface area contributed by atoms with E-state index in [9.17, 15) is 5.11 Å². The zero-order valence-electron chi connectivity index (χ0n) is 15.9. The summed E-state index contributed by atoms with van der Waals surface area (Å²) in [4.78, 5) is 8.03. The average Bonchev–Trinajstić information content (AvgIpc) is 2.57. The Kier molecular flexibility index (Phi) is 7.80. The monoisotopic (exact) mass is 325 g/mol. The van der Waals surface area contributed by atoms with Crippen LogP contribution in [0.2, 0.25) is 0 Å². The van der Waals surface area contributed by atoms with Crippen LogP contribution >= 0.6 is 0 Å². The SMILES string of the molecule is CCC(CC)N1CCN(C2CCN(C(C)C)CC2)C(CCO)C1. The van der Waals surface area contributed by atoms with Crippen LogP contribution in [0.3, 0.4) is 0 Å². The van der Waals surface area contributed by atoms with Gasteiger partial charge in [0, 0.05) is 50.4 Å². The molecule has 1 unspecified atom stereocenters. The van der Waals surface area contributed by atoms with Crippen molar-refractivity contribution in [2.75, 3.05) is 39.3 Å². The van der Waals surface area contributed by atoms with Gasteiger partial charge in [0.05, 0.1) is 0 Å². The van der Waals surface area contributed by atoms with Crippen molar-refractivity contribution in [2.24, 2.45) is 0 Å². The Hall–Kier alpha value is -0.160. The summed E-state index contributed by atoms with van der Waals surface area (Å²) in [6, 6.07) is 2.67. The van der Waals surface area contributed by atoms with Crippen LogP contribution in [0.1, 0.15) is 59.8 Å². The zero-order valence-corrected chi connectivity index (χ0v) is 15.9. The zero-order chi connectivity index (χ0) is 16.8. The molecule has 2 aliphatic rings. The van der Waals surface area contributed by atoms with Gasteiger partial charge in [0.15, 0.2) is 0 Å². The van der Waals surface area contributed by atoms with Gasteiger partial charge in [-0.3, -0.25) is 9.80 Å². The van der Waals surface area contributed by atoms with E-state index in [-0.39, 0.29) is 0 Å². The molecular weight excluding hydrogens is 286 g/mol. The van der Waals surface area contributed by atoms with Crippen LogP contribution in [-0.2, 0) is 0 Å². The fourth-order valence-corrected chi connectivity index (χ4v) is 4.65. The molecular formula is C19H39N3O. The Bertz CT molecular complexity index is 325. The molecule has 23 heavy (non-hydrogen) atoms. The van der Waals surface area contributed by atoms with E-state index < -0.39 is 0 Å². The molecule has 1 N–H and O–H groups in total. The van der Waals surface area contributed by atoms with Crippen LogP contribution < -0.4 is 0 Å². The lowest BCUT2D eigenvalue weighted by molar-refractivity contribution is -0.0118. The van der Waals surface area contributed by atoms with Crippen LogP contribution in [0, 0.1) is 0 Å². The number of likely N-dealkylation sites (tertiary alicyclic amines) is 1. The van der Waals surface area contributed by atoms with Gasteiger partial charge in [-0.15, -0.1) is 0 Å². The Morgan fingerprint density at radius 3 is 2.13 bits per heavy atom. The first-order valence-corrected chi connectivity index (χ1v) is 9.95. The minimum absolute atomic E-state index is 0.322. The Morgan fingerprint density at radius 1 is 0.957 bits per heavy atom. The van der Waals surface area contributed by atoms with Crippen molar-refractivity contribution in [1.29, 1.82) is 0 Å². The van der Waals surface area contributed by atoms with Crippen molar-refractivity contribution >= 4 is 0 Å². The van der Waals surface area contributed by atoms with E-state index in [1.807, 2.05) is 0 Å². The summed E-state index contributed by atoms with van der Waals surface area (Å²) in [5.74, 6) is 0. The molecule has 0 aliphatic carbocycles. The van der Waals surface area contributed by atoms with E-state index >= 15 is 0 Å². The molecule has 0 saturated carbocycles. The average molecular weight is 326 g/mol. The second-order valence-electron chi connectivity index (χ2n) is 7.73. The summed E-state index contributed by atoms with van der Waals surface area (Å²) in [5.41, 5.74) is 0. The molecule has 2 rings (SSSR count). The molecule has 2 saturated heterocycles. The van der Waals surface area contributed by atoms with E-state index in [0.717, 1.165) is 25.0 Å². The third kappa shape index (κ3) is 4.91. The Balaban J connectivity index is 1.94. The first kappa shape index (κ1) is 19.2. The number of nitrogens with zero attached hydrogens (tertiary/aromatic N) is 3. The van der Waals surface area contributed by atoms with E-state index in [1.54, 1.807) is 0 Å². The smallest absolute Gasteiger partial charge is 0.0446 e. The number of piperidine rings is 1. The number of aliphatic hydroxyl groups is 1. The fourth-order valence-electron chi connectivity index (χ4n) is 4.65. The molecule has 2 heterocycles. The Labute approximate surface area is 143 Å². The second-order valence-corrected chi connectivity index (χ2v) is 7.73. The first-order valence-electron chi connectivity index (χ1n) is 9.95. The molecule has 0 bridgehead atoms. The molecule has 0 spiro atoms. The largest absolute Gasteiger partial charge is 0.396 e. The molecule has 0 aromatic heterocycles. The highest BCUT2D eigenvalue weighted by atomic mass is 16.3. The molecule has 4 nitrogen and oxygen atoms in total. The standard InChI is InChI=1S/C19H39N3O/c1-5-17(6-2)21-12-13-22(19(15-21)9-14-23)18-7-10-20(11-8-18)16(3)4/h16-19,23H,5-15H2,1-4H3. The molecule has 4 heteroatoms. The highest BCUT2D eigenvalue weighted by molar-refractivity contribution is 4.91. The van der Waals surface area contributed by atoms with Crippen LogP contribution in [0.25, 0.3) is 0 Å². The molecule has 136 valence electrons. The van der Waals surface area contributed by atoms with Gasteiger partial charge in [-0.25, -0.2) is 0 Å². The van der Waals surface area contributed by atoms with E-state index in [2.05, 4.69) is 42.4 Å². The maximum atomic E-state index is 9.54. The lowest BCUT2D eigenvalue weighted by atomic mass is 9.96. The van der Waals surface area contributed by atoms with Crippen LogP contribution in [-0.4, -0.2) is 83.3 Å². The summed E-state index contributed by atoms with van der Waals surface area (Å²) < 4.78 is 0. The quantitative estimate of drug-likeness (QED) is 0.778. The number of rotatable bonds is 7. The van der Waals surface area contributed by atoms with E-state index in [1.165, 1.54) is 51.9 Å². The van der Waals surface area contributed by atoms with Crippen molar-refractivity contribution in [1.82, 2.24) is 14.7 Å². The van der Waals surface area contributed by atoms with Gasteiger partial charge in [0.1, 0.15) is 0 Å². The molecule has 0 aromatic carbocycles. The molecule has 0 aromatic rings. The maximum Gasteiger partial charge on any atom is 0.0446 e. The normalized spacial score (nSPS) is 26.5. The summed E-state index contributed by atoms with van der Waals surface area (Å²) >= 11 is 0. The maximum absolute atomic E-state index is 9.54.